The number of piperidine rings is 1. The molecule has 1 heterocycles. The molecule has 2 aromatic carbocycles. The van der Waals surface area contributed by atoms with Crippen molar-refractivity contribution >= 4 is 39.1 Å². The van der Waals surface area contributed by atoms with E-state index in [-0.39, 0.29) is 28.4 Å². The molecule has 1 aliphatic rings. The number of hydrogen-bond donors (Lipinski definition) is 2. The van der Waals surface area contributed by atoms with Crippen molar-refractivity contribution in [2.75, 3.05) is 25.0 Å². The van der Waals surface area contributed by atoms with Gasteiger partial charge in [0.05, 0.1) is 15.5 Å². The van der Waals surface area contributed by atoms with Gasteiger partial charge in [-0.15, -0.1) is 0 Å². The Morgan fingerprint density at radius 2 is 1.81 bits per heavy atom. The number of sulfonamides is 1. The van der Waals surface area contributed by atoms with Crippen LogP contribution in [-0.4, -0.2) is 44.2 Å². The minimum Gasteiger partial charge on any atom is -0.351 e. The lowest BCUT2D eigenvalue weighted by atomic mass is 10.2. The summed E-state index contributed by atoms with van der Waals surface area (Å²) in [5.74, 6) is -1.46. The van der Waals surface area contributed by atoms with E-state index in [2.05, 4.69) is 10.6 Å². The van der Waals surface area contributed by atoms with E-state index < -0.39 is 27.7 Å². The molecule has 2 amide bonds. The monoisotopic (exact) mass is 467 g/mol. The maximum Gasteiger partial charge on any atom is 0.252 e. The molecule has 0 aliphatic carbocycles. The SMILES string of the molecule is O=C(CCNC(=O)c1ccc(F)cc1Cl)Nc1cccc(S(=O)(=O)N2CCCCC2)c1. The van der Waals surface area contributed by atoms with Gasteiger partial charge in [-0.05, 0) is 49.2 Å². The predicted molar refractivity (Wildman–Crippen MR) is 116 cm³/mol. The number of hydrogen-bond acceptors (Lipinski definition) is 4. The van der Waals surface area contributed by atoms with Gasteiger partial charge < -0.3 is 10.6 Å². The van der Waals surface area contributed by atoms with Crippen molar-refractivity contribution < 1.29 is 22.4 Å². The molecule has 3 rings (SSSR count). The largest absolute Gasteiger partial charge is 0.351 e. The molecule has 1 saturated heterocycles. The number of halogens is 2. The van der Waals surface area contributed by atoms with Crippen LogP contribution in [0.5, 0.6) is 0 Å². The number of benzene rings is 2. The van der Waals surface area contributed by atoms with Crippen LogP contribution in [0.1, 0.15) is 36.0 Å². The maximum atomic E-state index is 13.1. The normalized spacial score (nSPS) is 14.8. The highest BCUT2D eigenvalue weighted by Crippen LogP contribution is 2.23. The summed E-state index contributed by atoms with van der Waals surface area (Å²) in [6, 6.07) is 9.54. The third-order valence-electron chi connectivity index (χ3n) is 4.88. The summed E-state index contributed by atoms with van der Waals surface area (Å²) < 4.78 is 40.1. The first kappa shape index (κ1) is 23.2. The van der Waals surface area contributed by atoms with E-state index in [4.69, 9.17) is 11.6 Å². The van der Waals surface area contributed by atoms with Gasteiger partial charge >= 0.3 is 0 Å². The van der Waals surface area contributed by atoms with Crippen molar-refractivity contribution in [3.8, 4) is 0 Å². The molecule has 0 saturated carbocycles. The van der Waals surface area contributed by atoms with Crippen molar-refractivity contribution in [3.05, 3.63) is 58.9 Å². The second kappa shape index (κ2) is 10.2. The Morgan fingerprint density at radius 1 is 1.06 bits per heavy atom. The molecule has 7 nitrogen and oxygen atoms in total. The Morgan fingerprint density at radius 3 is 2.52 bits per heavy atom. The Labute approximate surface area is 185 Å². The molecule has 31 heavy (non-hydrogen) atoms. The van der Waals surface area contributed by atoms with E-state index in [1.54, 1.807) is 12.1 Å². The average molecular weight is 468 g/mol. The number of nitrogens with zero attached hydrogens (tertiary/aromatic N) is 1. The zero-order valence-corrected chi connectivity index (χ0v) is 18.3. The molecule has 166 valence electrons. The minimum atomic E-state index is -3.60. The topological polar surface area (TPSA) is 95.6 Å². The van der Waals surface area contributed by atoms with Gasteiger partial charge in [-0.2, -0.15) is 4.31 Å². The molecule has 10 heteroatoms. The Balaban J connectivity index is 1.55. The lowest BCUT2D eigenvalue weighted by Crippen LogP contribution is -2.35. The molecule has 1 aliphatic heterocycles. The van der Waals surface area contributed by atoms with Crippen LogP contribution in [0.3, 0.4) is 0 Å². The standard InChI is InChI=1S/C21H23ClFN3O4S/c22-19-13-15(23)7-8-18(19)21(28)24-10-9-20(27)25-16-5-4-6-17(14-16)31(29,30)26-11-2-1-3-12-26/h4-8,13-14H,1-3,9-12H2,(H,24,28)(H,25,27). The van der Waals surface area contributed by atoms with Gasteiger partial charge in [0.25, 0.3) is 5.91 Å². The van der Waals surface area contributed by atoms with E-state index >= 15 is 0 Å². The zero-order valence-electron chi connectivity index (χ0n) is 16.7. The van der Waals surface area contributed by atoms with Crippen LogP contribution in [-0.2, 0) is 14.8 Å². The van der Waals surface area contributed by atoms with Gasteiger partial charge in [-0.1, -0.05) is 24.1 Å². The molecule has 0 unspecified atom stereocenters. The van der Waals surface area contributed by atoms with Gasteiger partial charge in [0.1, 0.15) is 5.82 Å². The Kier molecular flexibility index (Phi) is 7.64. The quantitative estimate of drug-likeness (QED) is 0.652. The summed E-state index contributed by atoms with van der Waals surface area (Å²) in [6.45, 7) is 1.03. The van der Waals surface area contributed by atoms with Crippen LogP contribution in [0.2, 0.25) is 5.02 Å². The Bertz CT molecular complexity index is 1070. The molecule has 0 spiro atoms. The minimum absolute atomic E-state index is 0.0197. The molecule has 0 aromatic heterocycles. The van der Waals surface area contributed by atoms with E-state index in [0.717, 1.165) is 31.4 Å². The van der Waals surface area contributed by atoms with Gasteiger partial charge in [-0.25, -0.2) is 12.8 Å². The fraction of sp³-hybridized carbons (Fsp3) is 0.333. The number of amides is 2. The van der Waals surface area contributed by atoms with E-state index in [9.17, 15) is 22.4 Å². The second-order valence-electron chi connectivity index (χ2n) is 7.17. The highest BCUT2D eigenvalue weighted by atomic mass is 35.5. The molecular weight excluding hydrogens is 445 g/mol. The zero-order chi connectivity index (χ0) is 22.4. The number of carbonyl (C=O) groups is 2. The number of anilines is 1. The smallest absolute Gasteiger partial charge is 0.252 e. The third-order valence-corrected chi connectivity index (χ3v) is 7.09. The molecule has 2 N–H and O–H groups in total. The van der Waals surface area contributed by atoms with Crippen LogP contribution >= 0.6 is 11.6 Å². The number of carbonyl (C=O) groups excluding carboxylic acids is 2. The first-order valence-electron chi connectivity index (χ1n) is 9.91. The fourth-order valence-corrected chi connectivity index (χ4v) is 5.09. The fourth-order valence-electron chi connectivity index (χ4n) is 3.27. The lowest BCUT2D eigenvalue weighted by Gasteiger charge is -2.26. The average Bonchev–Trinajstić information content (AvgIpc) is 2.74. The van der Waals surface area contributed by atoms with Crippen molar-refractivity contribution in [2.24, 2.45) is 0 Å². The number of nitrogens with one attached hydrogen (secondary N) is 2. The lowest BCUT2D eigenvalue weighted by molar-refractivity contribution is -0.116. The summed E-state index contributed by atoms with van der Waals surface area (Å²) in [7, 11) is -3.60. The summed E-state index contributed by atoms with van der Waals surface area (Å²) in [4.78, 5) is 24.4. The second-order valence-corrected chi connectivity index (χ2v) is 9.52. The molecule has 0 bridgehead atoms. The molecule has 2 aromatic rings. The van der Waals surface area contributed by atoms with Gasteiger partial charge in [0.2, 0.25) is 15.9 Å². The third kappa shape index (κ3) is 6.03. The van der Waals surface area contributed by atoms with E-state index in [1.807, 2.05) is 0 Å². The van der Waals surface area contributed by atoms with Crippen molar-refractivity contribution in [2.45, 2.75) is 30.6 Å². The van der Waals surface area contributed by atoms with Gasteiger partial charge in [0.15, 0.2) is 0 Å². The van der Waals surface area contributed by atoms with E-state index in [0.29, 0.717) is 18.8 Å². The first-order valence-corrected chi connectivity index (χ1v) is 11.7. The summed E-state index contributed by atoms with van der Waals surface area (Å²) in [5.41, 5.74) is 0.468. The van der Waals surface area contributed by atoms with Crippen LogP contribution in [0.15, 0.2) is 47.4 Å². The van der Waals surface area contributed by atoms with Crippen LogP contribution in [0.4, 0.5) is 10.1 Å². The highest BCUT2D eigenvalue weighted by molar-refractivity contribution is 7.89. The van der Waals surface area contributed by atoms with Crippen molar-refractivity contribution in [1.82, 2.24) is 9.62 Å². The highest BCUT2D eigenvalue weighted by Gasteiger charge is 2.26. The van der Waals surface area contributed by atoms with Gasteiger partial charge in [0, 0.05) is 31.7 Å². The predicted octanol–water partition coefficient (Wildman–Crippen LogP) is 3.41. The maximum absolute atomic E-state index is 13.1. The molecular formula is C21H23ClFN3O4S. The molecule has 1 fully saturated rings. The van der Waals surface area contributed by atoms with Crippen molar-refractivity contribution in [3.63, 3.8) is 0 Å². The molecule has 0 radical (unpaired) electrons. The van der Waals surface area contributed by atoms with Crippen LogP contribution in [0.25, 0.3) is 0 Å². The summed E-state index contributed by atoms with van der Waals surface area (Å²) >= 11 is 5.85. The van der Waals surface area contributed by atoms with Gasteiger partial charge in [-0.3, -0.25) is 9.59 Å². The van der Waals surface area contributed by atoms with E-state index in [1.165, 1.54) is 22.5 Å². The number of rotatable bonds is 7. The first-order chi connectivity index (χ1) is 14.8. The summed E-state index contributed by atoms with van der Waals surface area (Å²) in [5, 5.41) is 5.17. The Hall–Kier alpha value is -2.49. The van der Waals surface area contributed by atoms with Crippen LogP contribution in [0, 0.1) is 5.82 Å². The van der Waals surface area contributed by atoms with Crippen molar-refractivity contribution in [1.29, 1.82) is 0 Å². The molecule has 0 atom stereocenters. The summed E-state index contributed by atoms with van der Waals surface area (Å²) in [6.07, 6.45) is 2.66. The van der Waals surface area contributed by atoms with Crippen LogP contribution < -0.4 is 10.6 Å².